The van der Waals surface area contributed by atoms with E-state index in [0.29, 0.717) is 37.3 Å². The van der Waals surface area contributed by atoms with Crippen LogP contribution in [0.25, 0.3) is 0 Å². The molecule has 2 aromatic rings. The number of hydrogen-bond acceptors (Lipinski definition) is 3. The highest BCUT2D eigenvalue weighted by molar-refractivity contribution is 9.10. The van der Waals surface area contributed by atoms with Gasteiger partial charge in [-0.05, 0) is 36.4 Å². The molecule has 0 fully saturated rings. The minimum Gasteiger partial charge on any atom is -0.351 e. The molecule has 0 saturated heterocycles. The summed E-state index contributed by atoms with van der Waals surface area (Å²) in [6.07, 6.45) is 0. The Labute approximate surface area is 163 Å². The van der Waals surface area contributed by atoms with E-state index in [1.165, 1.54) is 0 Å². The maximum absolute atomic E-state index is 11.9. The molecule has 2 rings (SSSR count). The highest BCUT2D eigenvalue weighted by Gasteiger charge is 2.05. The first kappa shape index (κ1) is 19.6. The molecule has 0 heterocycles. The summed E-state index contributed by atoms with van der Waals surface area (Å²) in [6.45, 7) is 2.30. The molecule has 3 N–H and O–H groups in total. The lowest BCUT2D eigenvalue weighted by Crippen LogP contribution is -2.36. The van der Waals surface area contributed by atoms with Gasteiger partial charge in [0.25, 0.3) is 11.8 Å². The molecule has 2 amide bonds. The Kier molecular flexibility index (Phi) is 8.11. The summed E-state index contributed by atoms with van der Waals surface area (Å²) in [5.74, 6) is -0.211. The Hall–Kier alpha value is -1.70. The van der Waals surface area contributed by atoms with Gasteiger partial charge in [0.05, 0.1) is 0 Å². The molecule has 0 spiro atoms. The van der Waals surface area contributed by atoms with Gasteiger partial charge in [0.15, 0.2) is 0 Å². The standard InChI is InChI=1S/C18H19Br2N3O2/c19-15-5-1-3-13(11-15)17(24)22-9-7-21-8-10-23-18(25)14-4-2-6-16(20)12-14/h1-6,11-12,21H,7-10H2,(H,22,24)(H,23,25). The van der Waals surface area contributed by atoms with Crippen molar-refractivity contribution < 1.29 is 9.59 Å². The van der Waals surface area contributed by atoms with Gasteiger partial charge in [-0.3, -0.25) is 9.59 Å². The van der Waals surface area contributed by atoms with Crippen molar-refractivity contribution in [2.24, 2.45) is 0 Å². The summed E-state index contributed by atoms with van der Waals surface area (Å²) < 4.78 is 1.75. The first-order valence-electron chi connectivity index (χ1n) is 7.84. The number of rotatable bonds is 8. The van der Waals surface area contributed by atoms with Gasteiger partial charge in [0, 0.05) is 46.3 Å². The smallest absolute Gasteiger partial charge is 0.251 e. The van der Waals surface area contributed by atoms with Crippen LogP contribution in [0.2, 0.25) is 0 Å². The third-order valence-corrected chi connectivity index (χ3v) is 4.33. The molecule has 0 aliphatic rings. The molecule has 5 nitrogen and oxygen atoms in total. The van der Waals surface area contributed by atoms with Crippen LogP contribution in [0.5, 0.6) is 0 Å². The van der Waals surface area contributed by atoms with E-state index < -0.39 is 0 Å². The molecule has 0 aromatic heterocycles. The quantitative estimate of drug-likeness (QED) is 0.521. The van der Waals surface area contributed by atoms with Gasteiger partial charge in [0.1, 0.15) is 0 Å². The maximum Gasteiger partial charge on any atom is 0.251 e. The van der Waals surface area contributed by atoms with Crippen molar-refractivity contribution in [1.82, 2.24) is 16.0 Å². The monoisotopic (exact) mass is 467 g/mol. The van der Waals surface area contributed by atoms with Crippen molar-refractivity contribution >= 4 is 43.7 Å². The first-order chi connectivity index (χ1) is 12.1. The van der Waals surface area contributed by atoms with Crippen molar-refractivity contribution in [3.05, 3.63) is 68.6 Å². The van der Waals surface area contributed by atoms with Crippen LogP contribution in [0.1, 0.15) is 20.7 Å². The Morgan fingerprint density at radius 2 is 1.16 bits per heavy atom. The molecule has 25 heavy (non-hydrogen) atoms. The number of hydrogen-bond donors (Lipinski definition) is 3. The maximum atomic E-state index is 11.9. The van der Waals surface area contributed by atoms with E-state index in [1.807, 2.05) is 24.3 Å². The summed E-state index contributed by atoms with van der Waals surface area (Å²) >= 11 is 6.69. The molecule has 0 unspecified atom stereocenters. The van der Waals surface area contributed by atoms with Gasteiger partial charge in [-0.25, -0.2) is 0 Å². The van der Waals surface area contributed by atoms with E-state index in [2.05, 4.69) is 47.8 Å². The second-order valence-electron chi connectivity index (χ2n) is 5.28. The van der Waals surface area contributed by atoms with Crippen molar-refractivity contribution in [3.8, 4) is 0 Å². The van der Waals surface area contributed by atoms with Gasteiger partial charge >= 0.3 is 0 Å². The fraction of sp³-hybridized carbons (Fsp3) is 0.222. The average Bonchev–Trinajstić information content (AvgIpc) is 2.60. The van der Waals surface area contributed by atoms with Crippen LogP contribution in [0.4, 0.5) is 0 Å². The van der Waals surface area contributed by atoms with Gasteiger partial charge in [0.2, 0.25) is 0 Å². The summed E-state index contributed by atoms with van der Waals surface area (Å²) in [5.41, 5.74) is 1.24. The number of carbonyl (C=O) groups excluding carboxylic acids is 2. The molecule has 0 atom stereocenters. The Bertz CT molecular complexity index is 676. The minimum absolute atomic E-state index is 0.106. The first-order valence-corrected chi connectivity index (χ1v) is 9.43. The predicted molar refractivity (Wildman–Crippen MR) is 106 cm³/mol. The van der Waals surface area contributed by atoms with E-state index in [9.17, 15) is 9.59 Å². The Balaban J connectivity index is 1.58. The normalized spacial score (nSPS) is 10.3. The molecule has 132 valence electrons. The summed E-state index contributed by atoms with van der Waals surface area (Å²) in [6, 6.07) is 14.5. The van der Waals surface area contributed by atoms with Crippen molar-refractivity contribution in [1.29, 1.82) is 0 Å². The molecule has 0 saturated carbocycles. The summed E-state index contributed by atoms with van der Waals surface area (Å²) in [4.78, 5) is 23.9. The number of benzene rings is 2. The van der Waals surface area contributed by atoms with Crippen molar-refractivity contribution in [3.63, 3.8) is 0 Å². The molecular formula is C18H19Br2N3O2. The largest absolute Gasteiger partial charge is 0.351 e. The molecule has 7 heteroatoms. The van der Waals surface area contributed by atoms with Gasteiger partial charge in [-0.2, -0.15) is 0 Å². The lowest BCUT2D eigenvalue weighted by Gasteiger charge is -2.08. The number of amides is 2. The number of halogens is 2. The molecule has 0 bridgehead atoms. The average molecular weight is 469 g/mol. The van der Waals surface area contributed by atoms with Crippen LogP contribution in [0.15, 0.2) is 57.5 Å². The Morgan fingerprint density at radius 3 is 1.56 bits per heavy atom. The third-order valence-electron chi connectivity index (χ3n) is 3.35. The van der Waals surface area contributed by atoms with E-state index in [1.54, 1.807) is 24.3 Å². The van der Waals surface area contributed by atoms with E-state index in [-0.39, 0.29) is 11.8 Å². The van der Waals surface area contributed by atoms with Crippen molar-refractivity contribution in [2.75, 3.05) is 26.2 Å². The van der Waals surface area contributed by atoms with E-state index >= 15 is 0 Å². The van der Waals surface area contributed by atoms with Crippen molar-refractivity contribution in [2.45, 2.75) is 0 Å². The fourth-order valence-corrected chi connectivity index (χ4v) is 2.92. The second kappa shape index (κ2) is 10.3. The van der Waals surface area contributed by atoms with Gasteiger partial charge < -0.3 is 16.0 Å². The predicted octanol–water partition coefficient (Wildman–Crippen LogP) is 2.96. The lowest BCUT2D eigenvalue weighted by molar-refractivity contribution is 0.0948. The highest BCUT2D eigenvalue weighted by atomic mass is 79.9. The van der Waals surface area contributed by atoms with Crippen LogP contribution in [0.3, 0.4) is 0 Å². The topological polar surface area (TPSA) is 70.2 Å². The molecular weight excluding hydrogens is 450 g/mol. The zero-order valence-electron chi connectivity index (χ0n) is 13.5. The minimum atomic E-state index is -0.106. The van der Waals surface area contributed by atoms with Gasteiger partial charge in [-0.1, -0.05) is 44.0 Å². The molecule has 0 radical (unpaired) electrons. The lowest BCUT2D eigenvalue weighted by atomic mass is 10.2. The van der Waals surface area contributed by atoms with Crippen LogP contribution < -0.4 is 16.0 Å². The van der Waals surface area contributed by atoms with Crippen LogP contribution in [-0.2, 0) is 0 Å². The molecule has 0 aliphatic heterocycles. The zero-order chi connectivity index (χ0) is 18.1. The third kappa shape index (κ3) is 6.97. The van der Waals surface area contributed by atoms with E-state index in [0.717, 1.165) is 8.95 Å². The summed E-state index contributed by atoms with van der Waals surface area (Å²) in [7, 11) is 0. The zero-order valence-corrected chi connectivity index (χ0v) is 16.7. The highest BCUT2D eigenvalue weighted by Crippen LogP contribution is 2.12. The number of nitrogens with one attached hydrogen (secondary N) is 3. The fourth-order valence-electron chi connectivity index (χ4n) is 2.12. The SMILES string of the molecule is O=C(NCCNCCNC(=O)c1cccc(Br)c1)c1cccc(Br)c1. The van der Waals surface area contributed by atoms with Crippen LogP contribution in [0, 0.1) is 0 Å². The second-order valence-corrected chi connectivity index (χ2v) is 7.11. The van der Waals surface area contributed by atoms with Crippen LogP contribution in [-0.4, -0.2) is 38.0 Å². The number of carbonyl (C=O) groups is 2. The molecule has 0 aliphatic carbocycles. The van der Waals surface area contributed by atoms with E-state index in [4.69, 9.17) is 0 Å². The van der Waals surface area contributed by atoms with Crippen LogP contribution >= 0.6 is 31.9 Å². The molecule has 2 aromatic carbocycles. The Morgan fingerprint density at radius 1 is 0.720 bits per heavy atom. The van der Waals surface area contributed by atoms with Gasteiger partial charge in [-0.15, -0.1) is 0 Å². The summed E-state index contributed by atoms with van der Waals surface area (Å²) in [5, 5.41) is 8.86.